The average Bonchev–Trinajstić information content (AvgIpc) is 2.30. The predicted molar refractivity (Wildman–Crippen MR) is 74.6 cm³/mol. The zero-order valence-electron chi connectivity index (χ0n) is 10.8. The molecule has 0 aliphatic carbocycles. The van der Waals surface area contributed by atoms with Gasteiger partial charge in [0, 0.05) is 23.0 Å². The highest BCUT2D eigenvalue weighted by Crippen LogP contribution is 2.22. The molecule has 0 fully saturated rings. The Morgan fingerprint density at radius 2 is 2.22 bits per heavy atom. The molecule has 1 unspecified atom stereocenters. The van der Waals surface area contributed by atoms with E-state index >= 15 is 0 Å². The van der Waals surface area contributed by atoms with Crippen LogP contribution < -0.4 is 5.32 Å². The first-order valence-corrected chi connectivity index (χ1v) is 6.77. The summed E-state index contributed by atoms with van der Waals surface area (Å²) in [5, 5.41) is 14.0. The number of nitrogens with one attached hydrogen (secondary N) is 1. The maximum absolute atomic E-state index is 10.6. The van der Waals surface area contributed by atoms with Gasteiger partial charge in [0.15, 0.2) is 0 Å². The molecule has 1 aromatic heterocycles. The minimum Gasteiger partial charge on any atom is -0.314 e. The standard InChI is InChI=1S/C12H18BrN3O2/c1-4-14-11(8(2)3)6-12-10(13)5-9(7-15-12)16(17)18/h5,7-8,11,14H,4,6H2,1-3H3. The molecule has 100 valence electrons. The Kier molecular flexibility index (Phi) is 5.68. The number of halogens is 1. The van der Waals surface area contributed by atoms with Crippen LogP contribution in [0.5, 0.6) is 0 Å². The van der Waals surface area contributed by atoms with Gasteiger partial charge in [0.2, 0.25) is 0 Å². The average molecular weight is 316 g/mol. The van der Waals surface area contributed by atoms with Crippen LogP contribution >= 0.6 is 15.9 Å². The van der Waals surface area contributed by atoms with Gasteiger partial charge in [-0.2, -0.15) is 0 Å². The monoisotopic (exact) mass is 315 g/mol. The van der Waals surface area contributed by atoms with E-state index in [-0.39, 0.29) is 5.69 Å². The summed E-state index contributed by atoms with van der Waals surface area (Å²) in [5.41, 5.74) is 0.857. The molecule has 0 aliphatic rings. The maximum atomic E-state index is 10.6. The van der Waals surface area contributed by atoms with Crippen LogP contribution in [-0.2, 0) is 6.42 Å². The molecular formula is C12H18BrN3O2. The summed E-state index contributed by atoms with van der Waals surface area (Å²) in [4.78, 5) is 14.4. The van der Waals surface area contributed by atoms with E-state index in [1.807, 2.05) is 0 Å². The number of likely N-dealkylation sites (N-methyl/N-ethyl adjacent to an activating group) is 1. The largest absolute Gasteiger partial charge is 0.314 e. The Balaban J connectivity index is 2.86. The van der Waals surface area contributed by atoms with Crippen molar-refractivity contribution in [2.75, 3.05) is 6.54 Å². The lowest BCUT2D eigenvalue weighted by Crippen LogP contribution is -2.35. The third-order valence-corrected chi connectivity index (χ3v) is 3.48. The molecule has 6 heteroatoms. The Morgan fingerprint density at radius 1 is 1.56 bits per heavy atom. The number of aromatic nitrogens is 1. The van der Waals surface area contributed by atoms with Gasteiger partial charge in [0.05, 0.1) is 10.6 Å². The van der Waals surface area contributed by atoms with Crippen molar-refractivity contribution < 1.29 is 4.92 Å². The van der Waals surface area contributed by atoms with Gasteiger partial charge in [-0.25, -0.2) is 0 Å². The molecule has 0 amide bonds. The normalized spacial score (nSPS) is 12.7. The van der Waals surface area contributed by atoms with Crippen molar-refractivity contribution in [3.8, 4) is 0 Å². The summed E-state index contributed by atoms with van der Waals surface area (Å²) < 4.78 is 0.695. The SMILES string of the molecule is CCNC(Cc1ncc([N+](=O)[O-])cc1Br)C(C)C. The molecule has 1 heterocycles. The molecule has 18 heavy (non-hydrogen) atoms. The van der Waals surface area contributed by atoms with Gasteiger partial charge in [-0.1, -0.05) is 20.8 Å². The minimum atomic E-state index is -0.439. The molecule has 1 N–H and O–H groups in total. The van der Waals surface area contributed by atoms with Crippen molar-refractivity contribution in [3.05, 3.63) is 32.5 Å². The van der Waals surface area contributed by atoms with Crippen LogP contribution in [0.15, 0.2) is 16.7 Å². The zero-order valence-corrected chi connectivity index (χ0v) is 12.4. The Morgan fingerprint density at radius 3 is 2.67 bits per heavy atom. The summed E-state index contributed by atoms with van der Waals surface area (Å²) in [5.74, 6) is 0.480. The highest BCUT2D eigenvalue weighted by atomic mass is 79.9. The van der Waals surface area contributed by atoms with Crippen LogP contribution in [0.2, 0.25) is 0 Å². The first-order valence-electron chi connectivity index (χ1n) is 5.97. The van der Waals surface area contributed by atoms with Crippen LogP contribution in [0.25, 0.3) is 0 Å². The molecule has 1 atom stereocenters. The molecule has 1 rings (SSSR count). The second kappa shape index (κ2) is 6.80. The number of hydrogen-bond donors (Lipinski definition) is 1. The fraction of sp³-hybridized carbons (Fsp3) is 0.583. The van der Waals surface area contributed by atoms with Gasteiger partial charge >= 0.3 is 0 Å². The molecule has 0 spiro atoms. The zero-order chi connectivity index (χ0) is 13.7. The van der Waals surface area contributed by atoms with Crippen molar-refractivity contribution in [2.24, 2.45) is 5.92 Å². The number of nitro groups is 1. The topological polar surface area (TPSA) is 68.1 Å². The van der Waals surface area contributed by atoms with Crippen LogP contribution in [0, 0.1) is 16.0 Å². The molecule has 0 saturated carbocycles. The van der Waals surface area contributed by atoms with Gasteiger partial charge < -0.3 is 5.32 Å². The van der Waals surface area contributed by atoms with Gasteiger partial charge in [0.1, 0.15) is 6.20 Å². The first kappa shape index (κ1) is 15.0. The third kappa shape index (κ3) is 4.03. The molecule has 0 aromatic carbocycles. The van der Waals surface area contributed by atoms with Gasteiger partial charge in [-0.15, -0.1) is 0 Å². The molecule has 0 radical (unpaired) electrons. The van der Waals surface area contributed by atoms with Crippen molar-refractivity contribution in [3.63, 3.8) is 0 Å². The summed E-state index contributed by atoms with van der Waals surface area (Å²) >= 11 is 3.35. The fourth-order valence-electron chi connectivity index (χ4n) is 1.72. The highest BCUT2D eigenvalue weighted by molar-refractivity contribution is 9.10. The number of rotatable bonds is 6. The Bertz CT molecular complexity index is 424. The molecule has 5 nitrogen and oxygen atoms in total. The second-order valence-electron chi connectivity index (χ2n) is 4.49. The number of nitrogens with zero attached hydrogens (tertiary/aromatic N) is 2. The summed E-state index contributed by atoms with van der Waals surface area (Å²) in [6.07, 6.45) is 2.06. The lowest BCUT2D eigenvalue weighted by molar-refractivity contribution is -0.385. The number of pyridine rings is 1. The van der Waals surface area contributed by atoms with Crippen LogP contribution in [0.4, 0.5) is 5.69 Å². The van der Waals surface area contributed by atoms with Crippen molar-refractivity contribution in [2.45, 2.75) is 33.2 Å². The third-order valence-electron chi connectivity index (χ3n) is 2.80. The summed E-state index contributed by atoms with van der Waals surface area (Å²) in [6.45, 7) is 7.25. The van der Waals surface area contributed by atoms with E-state index in [9.17, 15) is 10.1 Å². The molecule has 0 aliphatic heterocycles. The highest BCUT2D eigenvalue weighted by Gasteiger charge is 2.17. The van der Waals surface area contributed by atoms with Crippen molar-refractivity contribution in [1.82, 2.24) is 10.3 Å². The summed E-state index contributed by atoms with van der Waals surface area (Å²) in [7, 11) is 0. The van der Waals surface area contributed by atoms with Gasteiger partial charge in [0.25, 0.3) is 5.69 Å². The van der Waals surface area contributed by atoms with E-state index in [1.54, 1.807) is 0 Å². The number of hydrogen-bond acceptors (Lipinski definition) is 4. The van der Waals surface area contributed by atoms with E-state index in [0.717, 1.165) is 18.7 Å². The lowest BCUT2D eigenvalue weighted by atomic mass is 9.99. The van der Waals surface area contributed by atoms with E-state index in [1.165, 1.54) is 12.3 Å². The Hall–Kier alpha value is -1.01. The maximum Gasteiger partial charge on any atom is 0.288 e. The van der Waals surface area contributed by atoms with E-state index < -0.39 is 4.92 Å². The minimum absolute atomic E-state index is 0.00942. The van der Waals surface area contributed by atoms with Gasteiger partial charge in [-0.05, 0) is 28.4 Å². The fourth-order valence-corrected chi connectivity index (χ4v) is 2.22. The van der Waals surface area contributed by atoms with E-state index in [0.29, 0.717) is 16.4 Å². The van der Waals surface area contributed by atoms with Crippen molar-refractivity contribution >= 4 is 21.6 Å². The van der Waals surface area contributed by atoms with Gasteiger partial charge in [-0.3, -0.25) is 15.1 Å². The van der Waals surface area contributed by atoms with Crippen LogP contribution in [-0.4, -0.2) is 22.5 Å². The molecule has 1 aromatic rings. The van der Waals surface area contributed by atoms with E-state index in [4.69, 9.17) is 0 Å². The second-order valence-corrected chi connectivity index (χ2v) is 5.35. The van der Waals surface area contributed by atoms with E-state index in [2.05, 4.69) is 47.0 Å². The molecule has 0 bridgehead atoms. The predicted octanol–water partition coefficient (Wildman–Crippen LogP) is 2.93. The summed E-state index contributed by atoms with van der Waals surface area (Å²) in [6, 6.07) is 1.83. The van der Waals surface area contributed by atoms with Crippen molar-refractivity contribution in [1.29, 1.82) is 0 Å². The lowest BCUT2D eigenvalue weighted by Gasteiger charge is -2.21. The molecular weight excluding hydrogens is 298 g/mol. The van der Waals surface area contributed by atoms with Crippen LogP contribution in [0.1, 0.15) is 26.5 Å². The van der Waals surface area contributed by atoms with Crippen LogP contribution in [0.3, 0.4) is 0 Å². The Labute approximate surface area is 115 Å². The smallest absolute Gasteiger partial charge is 0.288 e. The molecule has 0 saturated heterocycles. The first-order chi connectivity index (χ1) is 8.45. The quantitative estimate of drug-likeness (QED) is 0.647.